The average molecular weight is 189 g/mol. The van der Waals surface area contributed by atoms with E-state index >= 15 is 0 Å². The third kappa shape index (κ3) is 3.12. The molecule has 1 aromatic rings. The van der Waals surface area contributed by atoms with Gasteiger partial charge >= 0.3 is 0 Å². The minimum atomic E-state index is 0.279. The van der Waals surface area contributed by atoms with Crippen LogP contribution in [0.2, 0.25) is 0 Å². The molecule has 0 bridgehead atoms. The topological polar surface area (TPSA) is 12.9 Å². The summed E-state index contributed by atoms with van der Waals surface area (Å²) >= 11 is 0.279. The zero-order chi connectivity index (χ0) is 8.10. The molecule has 11 heavy (non-hydrogen) atoms. The monoisotopic (exact) mass is 189 g/mol. The highest BCUT2D eigenvalue weighted by Gasteiger charge is 1.94. The summed E-state index contributed by atoms with van der Waals surface area (Å²) in [7, 11) is 1.16. The Morgan fingerprint density at radius 3 is 3.00 bits per heavy atom. The van der Waals surface area contributed by atoms with E-state index in [0.29, 0.717) is 5.75 Å². The van der Waals surface area contributed by atoms with Crippen molar-refractivity contribution in [2.75, 3.05) is 0 Å². The first-order valence-corrected chi connectivity index (χ1v) is 5.37. The van der Waals surface area contributed by atoms with E-state index < -0.39 is 0 Å². The quantitative estimate of drug-likeness (QED) is 0.678. The molecular weight excluding hydrogens is 181 g/mol. The van der Waals surface area contributed by atoms with Gasteiger partial charge < -0.3 is 0 Å². The van der Waals surface area contributed by atoms with Crippen LogP contribution in [-0.2, 0) is 5.75 Å². The van der Waals surface area contributed by atoms with Gasteiger partial charge in [-0.15, -0.1) is 0 Å². The molecule has 0 aliphatic heterocycles. The smallest absolute Gasteiger partial charge is 0.115 e. The van der Waals surface area contributed by atoms with Gasteiger partial charge in [-0.05, 0) is 19.1 Å². The number of halogens is 1. The van der Waals surface area contributed by atoms with Gasteiger partial charge in [0.1, 0.15) is 11.2 Å². The van der Waals surface area contributed by atoms with Crippen molar-refractivity contribution in [3.8, 4) is 0 Å². The molecule has 0 spiro atoms. The van der Waals surface area contributed by atoms with Gasteiger partial charge in [0.05, 0.1) is 5.69 Å². The summed E-state index contributed by atoms with van der Waals surface area (Å²) in [6.45, 7) is 1.93. The molecule has 60 valence electrons. The van der Waals surface area contributed by atoms with Crippen LogP contribution < -0.4 is 0 Å². The van der Waals surface area contributed by atoms with Crippen molar-refractivity contribution < 1.29 is 3.89 Å². The molecule has 0 atom stereocenters. The molecule has 0 unspecified atom stereocenters. The number of aromatic nitrogens is 1. The molecule has 0 saturated heterocycles. The van der Waals surface area contributed by atoms with Gasteiger partial charge in [-0.2, -0.15) is 3.89 Å². The fraction of sp³-hybridized carbons (Fsp3) is 0.286. The third-order valence-corrected chi connectivity index (χ3v) is 2.32. The van der Waals surface area contributed by atoms with Gasteiger partial charge in [-0.25, -0.2) is 0 Å². The van der Waals surface area contributed by atoms with E-state index in [-0.39, 0.29) is 11.2 Å². The maximum atomic E-state index is 11.6. The maximum absolute atomic E-state index is 11.6. The van der Waals surface area contributed by atoms with Crippen LogP contribution in [-0.4, -0.2) is 4.98 Å². The Hall–Kier alpha value is -0.220. The SMILES string of the molecule is Cc1cccc(CSSF)n1. The fourth-order valence-corrected chi connectivity index (χ4v) is 1.58. The highest BCUT2D eigenvalue weighted by Crippen LogP contribution is 2.25. The minimum Gasteiger partial charge on any atom is -0.257 e. The first-order chi connectivity index (χ1) is 5.33. The predicted octanol–water partition coefficient (Wildman–Crippen LogP) is 3.16. The zero-order valence-corrected chi connectivity index (χ0v) is 7.71. The van der Waals surface area contributed by atoms with Crippen LogP contribution >= 0.6 is 22.0 Å². The van der Waals surface area contributed by atoms with Gasteiger partial charge in [0.2, 0.25) is 0 Å². The number of pyridine rings is 1. The van der Waals surface area contributed by atoms with E-state index in [1.807, 2.05) is 25.1 Å². The second-order valence-corrected chi connectivity index (χ2v) is 3.83. The highest BCUT2D eigenvalue weighted by atomic mass is 33.1. The molecule has 0 fully saturated rings. The lowest BCUT2D eigenvalue weighted by Crippen LogP contribution is -1.86. The Morgan fingerprint density at radius 1 is 1.55 bits per heavy atom. The Bertz CT molecular complexity index is 229. The van der Waals surface area contributed by atoms with Crippen molar-refractivity contribution in [1.82, 2.24) is 4.98 Å². The summed E-state index contributed by atoms with van der Waals surface area (Å²) < 4.78 is 11.6. The number of nitrogens with zero attached hydrogens (tertiary/aromatic N) is 1. The molecule has 0 amide bonds. The number of rotatable bonds is 3. The van der Waals surface area contributed by atoms with Crippen LogP contribution in [0.3, 0.4) is 0 Å². The number of hydrogen-bond donors (Lipinski definition) is 0. The van der Waals surface area contributed by atoms with Crippen LogP contribution in [0.25, 0.3) is 0 Å². The first-order valence-electron chi connectivity index (χ1n) is 3.15. The van der Waals surface area contributed by atoms with Crippen LogP contribution in [0.15, 0.2) is 18.2 Å². The third-order valence-electron chi connectivity index (χ3n) is 1.20. The summed E-state index contributed by atoms with van der Waals surface area (Å²) in [5.41, 5.74) is 1.91. The van der Waals surface area contributed by atoms with Gasteiger partial charge in [-0.1, -0.05) is 16.9 Å². The molecular formula is C7H8FNS2. The predicted molar refractivity (Wildman–Crippen MR) is 49.0 cm³/mol. The molecule has 0 saturated carbocycles. The van der Waals surface area contributed by atoms with Crippen LogP contribution in [0.4, 0.5) is 3.89 Å². The minimum absolute atomic E-state index is 0.279. The van der Waals surface area contributed by atoms with Crippen molar-refractivity contribution >= 4 is 22.0 Å². The molecule has 1 rings (SSSR count). The Morgan fingerprint density at radius 2 is 2.36 bits per heavy atom. The largest absolute Gasteiger partial charge is 0.257 e. The fourth-order valence-electron chi connectivity index (χ4n) is 0.763. The summed E-state index contributed by atoms with van der Waals surface area (Å²) in [4.78, 5) is 4.21. The normalized spacial score (nSPS) is 10.0. The second-order valence-electron chi connectivity index (χ2n) is 2.10. The van der Waals surface area contributed by atoms with E-state index in [4.69, 9.17) is 0 Å². The van der Waals surface area contributed by atoms with Crippen molar-refractivity contribution in [1.29, 1.82) is 0 Å². The van der Waals surface area contributed by atoms with Gasteiger partial charge in [0.25, 0.3) is 0 Å². The Kier molecular flexibility index (Phi) is 3.72. The second kappa shape index (κ2) is 4.62. The zero-order valence-electron chi connectivity index (χ0n) is 6.08. The van der Waals surface area contributed by atoms with E-state index in [2.05, 4.69) is 4.98 Å². The lowest BCUT2D eigenvalue weighted by molar-refractivity contribution is 0.953. The van der Waals surface area contributed by atoms with E-state index in [0.717, 1.165) is 22.2 Å². The van der Waals surface area contributed by atoms with Crippen molar-refractivity contribution in [2.45, 2.75) is 12.7 Å². The molecule has 0 aliphatic rings. The molecule has 1 aromatic heterocycles. The molecule has 4 heteroatoms. The summed E-state index contributed by atoms with van der Waals surface area (Å²) in [6.07, 6.45) is 0. The van der Waals surface area contributed by atoms with E-state index in [1.54, 1.807) is 0 Å². The standard InChI is InChI=1S/C7H8FNS2/c1-6-3-2-4-7(9-6)5-10-11-8/h2-4H,5H2,1H3. The lowest BCUT2D eigenvalue weighted by Gasteiger charge is -1.97. The maximum Gasteiger partial charge on any atom is 0.115 e. The molecule has 0 aromatic carbocycles. The van der Waals surface area contributed by atoms with E-state index in [9.17, 15) is 3.89 Å². The first kappa shape index (κ1) is 8.87. The summed E-state index contributed by atoms with van der Waals surface area (Å²) in [6, 6.07) is 5.76. The van der Waals surface area contributed by atoms with Crippen molar-refractivity contribution in [3.05, 3.63) is 29.6 Å². The number of hydrogen-bond acceptors (Lipinski definition) is 3. The van der Waals surface area contributed by atoms with Gasteiger partial charge in [-0.3, -0.25) is 4.98 Å². The van der Waals surface area contributed by atoms with E-state index in [1.165, 1.54) is 0 Å². The van der Waals surface area contributed by atoms with Gasteiger partial charge in [0, 0.05) is 11.4 Å². The molecule has 1 nitrogen and oxygen atoms in total. The van der Waals surface area contributed by atoms with Gasteiger partial charge in [0.15, 0.2) is 0 Å². The Labute approximate surface area is 73.5 Å². The highest BCUT2D eigenvalue weighted by molar-refractivity contribution is 8.74. The molecule has 1 heterocycles. The summed E-state index contributed by atoms with van der Waals surface area (Å²) in [5, 5.41) is 0. The lowest BCUT2D eigenvalue weighted by atomic mass is 10.3. The molecule has 0 aliphatic carbocycles. The van der Waals surface area contributed by atoms with Crippen LogP contribution in [0.1, 0.15) is 11.4 Å². The average Bonchev–Trinajstić information content (AvgIpc) is 2.01. The van der Waals surface area contributed by atoms with Crippen molar-refractivity contribution in [3.63, 3.8) is 0 Å². The van der Waals surface area contributed by atoms with Crippen molar-refractivity contribution in [2.24, 2.45) is 0 Å². The molecule has 0 N–H and O–H groups in total. The Balaban J connectivity index is 2.56. The molecule has 0 radical (unpaired) electrons. The number of aryl methyl sites for hydroxylation is 1. The van der Waals surface area contributed by atoms with Crippen LogP contribution in [0, 0.1) is 6.92 Å². The van der Waals surface area contributed by atoms with Crippen LogP contribution in [0.5, 0.6) is 0 Å². The summed E-state index contributed by atoms with van der Waals surface area (Å²) in [5.74, 6) is 0.628.